The van der Waals surface area contributed by atoms with Gasteiger partial charge in [0.15, 0.2) is 5.69 Å². The molecule has 1 aliphatic rings. The Labute approximate surface area is 159 Å². The number of hydroxylamine groups is 2. The van der Waals surface area contributed by atoms with Gasteiger partial charge < -0.3 is 15.3 Å². The van der Waals surface area contributed by atoms with Crippen LogP contribution >= 0.6 is 15.9 Å². The zero-order valence-electron chi connectivity index (χ0n) is 15.4. The van der Waals surface area contributed by atoms with Crippen LogP contribution in [0, 0.1) is 5.21 Å². The molecule has 1 heterocycles. The highest BCUT2D eigenvalue weighted by molar-refractivity contribution is 9.10. The van der Waals surface area contributed by atoms with E-state index in [0.717, 1.165) is 19.2 Å². The largest absolute Gasteiger partial charge is 0.593 e. The third kappa shape index (κ3) is 5.10. The highest BCUT2D eigenvalue weighted by Gasteiger charge is 2.41. The Morgan fingerprint density at radius 1 is 1.23 bits per heavy atom. The van der Waals surface area contributed by atoms with Gasteiger partial charge in [0.2, 0.25) is 0 Å². The van der Waals surface area contributed by atoms with Crippen molar-refractivity contribution in [2.24, 2.45) is 0 Å². The van der Waals surface area contributed by atoms with Crippen LogP contribution in [0.25, 0.3) is 0 Å². The van der Waals surface area contributed by atoms with Crippen molar-refractivity contribution in [2.75, 3.05) is 12.4 Å². The molecule has 1 aromatic carbocycles. The molecule has 1 fully saturated rings. The first kappa shape index (κ1) is 21.4. The van der Waals surface area contributed by atoms with Gasteiger partial charge in [0, 0.05) is 16.6 Å². The van der Waals surface area contributed by atoms with Crippen molar-refractivity contribution in [1.82, 2.24) is 4.81 Å². The van der Waals surface area contributed by atoms with Crippen LogP contribution in [0.1, 0.15) is 46.1 Å². The lowest BCUT2D eigenvalue weighted by Gasteiger charge is -2.46. The quantitative estimate of drug-likeness (QED) is 0.485. The van der Waals surface area contributed by atoms with Gasteiger partial charge in [0.05, 0.1) is 16.8 Å². The van der Waals surface area contributed by atoms with Gasteiger partial charge in [0.25, 0.3) is 0 Å². The van der Waals surface area contributed by atoms with E-state index in [2.05, 4.69) is 21.2 Å². The average molecular weight is 441 g/mol. The summed E-state index contributed by atoms with van der Waals surface area (Å²) in [5.41, 5.74) is -2.11. The first-order valence-electron chi connectivity index (χ1n) is 8.18. The number of nitrogens with one attached hydrogen (secondary N) is 1. The third-order valence-electron chi connectivity index (χ3n) is 4.23. The lowest BCUT2D eigenvalue weighted by molar-refractivity contribution is -0.158. The summed E-state index contributed by atoms with van der Waals surface area (Å²) in [4.78, 5) is -1.84. The van der Waals surface area contributed by atoms with Gasteiger partial charge in [-0.05, 0) is 62.5 Å². The molecule has 1 unspecified atom stereocenters. The van der Waals surface area contributed by atoms with Crippen LogP contribution < -0.4 is 10.1 Å². The number of ether oxygens (including phenoxy) is 1. The summed E-state index contributed by atoms with van der Waals surface area (Å²) in [6.07, 6.45) is -3.51. The van der Waals surface area contributed by atoms with Crippen LogP contribution in [0.5, 0.6) is 0 Å². The maximum atomic E-state index is 13.3. The molecule has 2 rings (SSSR count). The maximum absolute atomic E-state index is 13.3. The number of halogens is 4. The fourth-order valence-corrected chi connectivity index (χ4v) is 4.21. The van der Waals surface area contributed by atoms with Gasteiger partial charge in [-0.15, -0.1) is 0 Å². The Morgan fingerprint density at radius 2 is 1.73 bits per heavy atom. The van der Waals surface area contributed by atoms with E-state index in [4.69, 9.17) is 4.74 Å². The molecule has 1 aromatic rings. The number of hydrogen-bond acceptors (Lipinski definition) is 4. The first-order chi connectivity index (χ1) is 11.5. The van der Waals surface area contributed by atoms with E-state index in [-0.39, 0.29) is 21.9 Å². The van der Waals surface area contributed by atoms with Crippen molar-refractivity contribution >= 4 is 27.3 Å². The van der Waals surface area contributed by atoms with Crippen LogP contribution in [-0.4, -0.2) is 29.5 Å². The summed E-state index contributed by atoms with van der Waals surface area (Å²) < 4.78 is 45.5. The number of nitrogens with zero attached hydrogens (tertiary/aromatic N) is 1. The van der Waals surface area contributed by atoms with E-state index >= 15 is 0 Å². The molecule has 5 nitrogen and oxygen atoms in total. The summed E-state index contributed by atoms with van der Waals surface area (Å²) in [5, 5.41) is 24.9. The number of hydrogen-bond donors (Lipinski definition) is 2. The Morgan fingerprint density at radius 3 is 2.15 bits per heavy atom. The van der Waals surface area contributed by atoms with Crippen molar-refractivity contribution in [1.29, 1.82) is 0 Å². The van der Waals surface area contributed by atoms with Gasteiger partial charge in [-0.2, -0.15) is 18.0 Å². The van der Waals surface area contributed by atoms with Gasteiger partial charge in [-0.25, -0.2) is 5.21 Å². The molecular weight excluding hydrogens is 417 g/mol. The predicted octanol–water partition coefficient (Wildman–Crippen LogP) is 5.44. The summed E-state index contributed by atoms with van der Waals surface area (Å²) in [6, 6.07) is 1.65. The van der Waals surface area contributed by atoms with Crippen molar-refractivity contribution < 1.29 is 23.1 Å². The fourth-order valence-electron chi connectivity index (χ4n) is 3.65. The van der Waals surface area contributed by atoms with E-state index in [1.807, 2.05) is 27.7 Å². The van der Waals surface area contributed by atoms with E-state index in [1.165, 1.54) is 0 Å². The van der Waals surface area contributed by atoms with Gasteiger partial charge >= 0.3 is 6.18 Å². The average Bonchev–Trinajstić information content (AvgIpc) is 2.33. The number of rotatable bonds is 3. The lowest BCUT2D eigenvalue weighted by atomic mass is 9.85. The predicted molar refractivity (Wildman–Crippen MR) is 97.9 cm³/mol. The zero-order valence-corrected chi connectivity index (χ0v) is 17.0. The third-order valence-corrected chi connectivity index (χ3v) is 4.88. The smallest absolute Gasteiger partial charge is 0.417 e. The molecule has 1 atom stereocenters. The summed E-state index contributed by atoms with van der Waals surface area (Å²) >= 11 is 2.84. The second kappa shape index (κ2) is 6.63. The van der Waals surface area contributed by atoms with Crippen molar-refractivity contribution in [3.8, 4) is 0 Å². The second-order valence-electron chi connectivity index (χ2n) is 8.10. The van der Waals surface area contributed by atoms with Gasteiger partial charge in [0.1, 0.15) is 12.7 Å². The van der Waals surface area contributed by atoms with E-state index < -0.39 is 27.8 Å². The van der Waals surface area contributed by atoms with E-state index in [0.29, 0.717) is 12.8 Å². The lowest BCUT2D eigenvalue weighted by Crippen LogP contribution is -2.49. The van der Waals surface area contributed by atoms with Crippen molar-refractivity contribution in [3.63, 3.8) is 0 Å². The Bertz CT molecular complexity index is 669. The van der Waals surface area contributed by atoms with Crippen molar-refractivity contribution in [2.45, 2.75) is 64.0 Å². The minimum absolute atomic E-state index is 0.0426. The molecule has 148 valence electrons. The number of quaternary nitrogens is 1. The highest BCUT2D eigenvalue weighted by atomic mass is 79.9. The Balaban J connectivity index is 2.47. The van der Waals surface area contributed by atoms with Crippen LogP contribution in [0.2, 0.25) is 0 Å². The standard InChI is InChI=1S/C17H24BrF3N2O3/c1-15(2)8-10(9-16(3,4)26-15)22-13-6-11(17(19,20)21)12(18)7-14(13)23(5,24)25/h6-7,10,22,24H,8-9H2,1-5H3. The minimum Gasteiger partial charge on any atom is -0.593 e. The summed E-state index contributed by atoms with van der Waals surface area (Å²) in [7, 11) is 0.943. The van der Waals surface area contributed by atoms with Crippen LogP contribution in [0.4, 0.5) is 24.5 Å². The van der Waals surface area contributed by atoms with Crippen LogP contribution in [-0.2, 0) is 10.9 Å². The molecule has 0 radical (unpaired) electrons. The van der Waals surface area contributed by atoms with E-state index in [9.17, 15) is 23.6 Å². The Kier molecular flexibility index (Phi) is 5.46. The molecule has 0 aliphatic carbocycles. The Hall–Kier alpha value is -0.870. The minimum atomic E-state index is -4.59. The highest BCUT2D eigenvalue weighted by Crippen LogP contribution is 2.43. The summed E-state index contributed by atoms with van der Waals surface area (Å²) in [6.45, 7) is 7.64. The topological polar surface area (TPSA) is 64.5 Å². The fraction of sp³-hybridized carbons (Fsp3) is 0.647. The van der Waals surface area contributed by atoms with E-state index in [1.54, 1.807) is 0 Å². The molecule has 1 aliphatic heterocycles. The molecule has 2 N–H and O–H groups in total. The number of alkyl halides is 3. The molecule has 0 saturated carbocycles. The monoisotopic (exact) mass is 440 g/mol. The molecule has 0 bridgehead atoms. The first-order valence-corrected chi connectivity index (χ1v) is 8.98. The molecule has 26 heavy (non-hydrogen) atoms. The maximum Gasteiger partial charge on any atom is 0.417 e. The van der Waals surface area contributed by atoms with Crippen LogP contribution in [0.15, 0.2) is 16.6 Å². The summed E-state index contributed by atoms with van der Waals surface area (Å²) in [5.74, 6) is 0. The SMILES string of the molecule is CC1(C)CC(Nc2cc(C(F)(F)F)c(Br)cc2[N+](C)([O-])O)CC(C)(C)O1. The molecular formula is C17H24BrF3N2O3. The molecule has 0 spiro atoms. The normalized spacial score (nSPS) is 22.7. The zero-order chi connectivity index (χ0) is 20.1. The molecule has 0 aromatic heterocycles. The number of anilines is 1. The van der Waals surface area contributed by atoms with Gasteiger partial charge in [-0.1, -0.05) is 0 Å². The second-order valence-corrected chi connectivity index (χ2v) is 8.95. The van der Waals surface area contributed by atoms with Crippen molar-refractivity contribution in [3.05, 3.63) is 27.4 Å². The number of benzene rings is 1. The molecule has 0 amide bonds. The van der Waals surface area contributed by atoms with Gasteiger partial charge in [-0.3, -0.25) is 0 Å². The van der Waals surface area contributed by atoms with Crippen LogP contribution in [0.3, 0.4) is 0 Å². The molecule has 1 saturated heterocycles. The molecule has 9 heteroatoms.